The van der Waals surface area contributed by atoms with Gasteiger partial charge >= 0.3 is 5.97 Å². The smallest absolute Gasteiger partial charge is 0.320 e. The van der Waals surface area contributed by atoms with Crippen LogP contribution in [0.5, 0.6) is 0 Å². The second-order valence-electron chi connectivity index (χ2n) is 4.62. The Morgan fingerprint density at radius 3 is 2.60 bits per heavy atom. The van der Waals surface area contributed by atoms with E-state index in [1.54, 1.807) is 0 Å². The van der Waals surface area contributed by atoms with E-state index in [9.17, 15) is 9.59 Å². The Balaban J connectivity index is 0. The summed E-state index contributed by atoms with van der Waals surface area (Å²) in [6.07, 6.45) is 5.14. The Hall–Kier alpha value is -0.890. The molecule has 8 N–H and O–H groups in total. The maximum atomic E-state index is 10.8. The number of carbonyl (C=O) groups excluding carboxylic acids is 1. The van der Waals surface area contributed by atoms with Crippen LogP contribution in [0.15, 0.2) is 0 Å². The van der Waals surface area contributed by atoms with Gasteiger partial charge in [-0.3, -0.25) is 9.59 Å². The van der Waals surface area contributed by atoms with Crippen molar-refractivity contribution >= 4 is 11.9 Å². The van der Waals surface area contributed by atoms with E-state index in [1.165, 1.54) is 0 Å². The molecule has 1 rings (SSSR count). The number of unbranched alkanes of at least 4 members (excludes halogenated alkanes) is 1. The summed E-state index contributed by atoms with van der Waals surface area (Å²) < 4.78 is 0. The largest absolute Gasteiger partial charge is 1.00 e. The average Bonchev–Trinajstić information content (AvgIpc) is 2.56. The fourth-order valence-corrected chi connectivity index (χ4v) is 1.60. The zero-order chi connectivity index (χ0) is 14.7. The molecule has 0 spiro atoms. The molecule has 1 heterocycles. The molecular formula is C12H26ClN4O3-. The molecule has 1 saturated heterocycles. The van der Waals surface area contributed by atoms with E-state index in [2.05, 4.69) is 5.32 Å². The van der Waals surface area contributed by atoms with Gasteiger partial charge in [0.15, 0.2) is 0 Å². The Morgan fingerprint density at radius 1 is 1.40 bits per heavy atom. The Labute approximate surface area is 126 Å². The Kier molecular flexibility index (Phi) is 14.0. The fraction of sp³-hybridized carbons (Fsp3) is 0.833. The lowest BCUT2D eigenvalue weighted by Gasteiger charge is -2.03. The summed E-state index contributed by atoms with van der Waals surface area (Å²) >= 11 is 0. The average molecular weight is 310 g/mol. The third kappa shape index (κ3) is 11.0. The van der Waals surface area contributed by atoms with Gasteiger partial charge in [-0.05, 0) is 38.6 Å². The van der Waals surface area contributed by atoms with E-state index in [0.29, 0.717) is 13.0 Å². The lowest BCUT2D eigenvalue weighted by Crippen LogP contribution is -3.00. The van der Waals surface area contributed by atoms with Crippen molar-refractivity contribution < 1.29 is 27.1 Å². The molecule has 120 valence electrons. The number of carboxylic acid groups (broad SMARTS) is 1. The van der Waals surface area contributed by atoms with Gasteiger partial charge in [0.05, 0.1) is 6.04 Å². The molecule has 0 aromatic carbocycles. The molecule has 1 fully saturated rings. The third-order valence-electron chi connectivity index (χ3n) is 2.86. The van der Waals surface area contributed by atoms with Crippen LogP contribution in [-0.4, -0.2) is 42.2 Å². The molecule has 0 bridgehead atoms. The first-order chi connectivity index (χ1) is 8.99. The number of halogens is 1. The van der Waals surface area contributed by atoms with E-state index in [-0.39, 0.29) is 24.4 Å². The number of nitrogens with two attached hydrogens (primary N) is 3. The van der Waals surface area contributed by atoms with Crippen molar-refractivity contribution in [3.63, 3.8) is 0 Å². The van der Waals surface area contributed by atoms with Gasteiger partial charge in [0.2, 0.25) is 5.91 Å². The molecule has 0 unspecified atom stereocenters. The molecule has 7 nitrogen and oxygen atoms in total. The molecular weight excluding hydrogens is 284 g/mol. The highest BCUT2D eigenvalue weighted by molar-refractivity contribution is 5.81. The van der Waals surface area contributed by atoms with Gasteiger partial charge in [-0.1, -0.05) is 6.42 Å². The lowest BCUT2D eigenvalue weighted by atomic mass is 10.1. The van der Waals surface area contributed by atoms with E-state index in [1.807, 2.05) is 0 Å². The normalized spacial score (nSPS) is 19.6. The number of nitrogens with one attached hydrogen (secondary N) is 1. The van der Waals surface area contributed by atoms with E-state index < -0.39 is 12.0 Å². The van der Waals surface area contributed by atoms with Crippen molar-refractivity contribution in [3.05, 3.63) is 0 Å². The zero-order valence-corrected chi connectivity index (χ0v) is 12.4. The van der Waals surface area contributed by atoms with Crippen molar-refractivity contribution in [3.8, 4) is 0 Å². The van der Waals surface area contributed by atoms with E-state index >= 15 is 0 Å². The lowest BCUT2D eigenvalue weighted by molar-refractivity contribution is -0.138. The molecule has 1 aliphatic heterocycles. The molecule has 2 atom stereocenters. The maximum absolute atomic E-state index is 10.8. The molecule has 0 aromatic rings. The summed E-state index contributed by atoms with van der Waals surface area (Å²) in [6.45, 7) is 1.40. The summed E-state index contributed by atoms with van der Waals surface area (Å²) in [6, 6.07) is -0.973. The Morgan fingerprint density at radius 2 is 2.05 bits per heavy atom. The Bertz CT molecular complexity index is 279. The second-order valence-corrected chi connectivity index (χ2v) is 4.62. The van der Waals surface area contributed by atoms with Crippen molar-refractivity contribution in [2.45, 2.75) is 50.6 Å². The van der Waals surface area contributed by atoms with Gasteiger partial charge in [-0.2, -0.15) is 0 Å². The topological polar surface area (TPSA) is 144 Å². The van der Waals surface area contributed by atoms with Gasteiger partial charge in [0.1, 0.15) is 6.04 Å². The van der Waals surface area contributed by atoms with Crippen LogP contribution < -0.4 is 34.9 Å². The highest BCUT2D eigenvalue weighted by Crippen LogP contribution is 2.01. The van der Waals surface area contributed by atoms with Crippen LogP contribution >= 0.6 is 0 Å². The molecule has 0 radical (unpaired) electrons. The predicted molar refractivity (Wildman–Crippen MR) is 73.4 cm³/mol. The van der Waals surface area contributed by atoms with Crippen LogP contribution in [0, 0.1) is 0 Å². The number of rotatable bonds is 5. The van der Waals surface area contributed by atoms with Gasteiger partial charge in [0, 0.05) is 6.54 Å². The van der Waals surface area contributed by atoms with Gasteiger partial charge in [-0.15, -0.1) is 0 Å². The van der Waals surface area contributed by atoms with Crippen LogP contribution in [0.25, 0.3) is 0 Å². The molecule has 20 heavy (non-hydrogen) atoms. The van der Waals surface area contributed by atoms with Crippen molar-refractivity contribution in [2.75, 3.05) is 13.1 Å². The van der Waals surface area contributed by atoms with Crippen LogP contribution in [0.1, 0.15) is 38.5 Å². The number of aliphatic carboxylic acids is 1. The first-order valence-electron chi connectivity index (χ1n) is 6.70. The molecule has 1 aliphatic rings. The highest BCUT2D eigenvalue weighted by atomic mass is 35.5. The molecule has 0 saturated carbocycles. The molecule has 0 aromatic heterocycles. The number of carbonyl (C=O) groups is 2. The van der Waals surface area contributed by atoms with E-state index in [0.717, 1.165) is 38.6 Å². The number of hydrogen-bond acceptors (Lipinski definition) is 5. The van der Waals surface area contributed by atoms with Gasteiger partial charge in [-0.25, -0.2) is 0 Å². The van der Waals surface area contributed by atoms with Crippen LogP contribution in [0.3, 0.4) is 0 Å². The van der Waals surface area contributed by atoms with Crippen LogP contribution in [0.2, 0.25) is 0 Å². The van der Waals surface area contributed by atoms with Crippen molar-refractivity contribution in [1.29, 1.82) is 0 Å². The second kappa shape index (κ2) is 13.1. The van der Waals surface area contributed by atoms with Crippen LogP contribution in [0.4, 0.5) is 0 Å². The molecule has 1 amide bonds. The standard InChI is InChI=1S/C6H14N2O2.C6H12N2O.ClH/c7-4-2-1-3-5(8)6(9)10;7-5-3-1-2-4-8-6(5)9;/h5H,1-4,7-8H2,(H,9,10);5H,1-4,7H2,(H,8,9);1H/p-1/t2*5-;/m00./s1. The predicted octanol–water partition coefficient (Wildman–Crippen LogP) is -3.85. The molecule has 8 heteroatoms. The minimum Gasteiger partial charge on any atom is -1.00 e. The summed E-state index contributed by atoms with van der Waals surface area (Å²) in [5, 5.41) is 11.1. The SMILES string of the molecule is NCCCC[C@H](N)C(=O)O.N[C@H]1CCCCNC1=O.[Cl-]. The van der Waals surface area contributed by atoms with Crippen LogP contribution in [-0.2, 0) is 9.59 Å². The van der Waals surface area contributed by atoms with E-state index in [4.69, 9.17) is 22.3 Å². The minimum absolute atomic E-state index is 0. The summed E-state index contributed by atoms with van der Waals surface area (Å²) in [4.78, 5) is 20.9. The van der Waals surface area contributed by atoms with Gasteiger partial charge in [0.25, 0.3) is 0 Å². The number of amides is 1. The fourth-order valence-electron chi connectivity index (χ4n) is 1.60. The summed E-state index contributed by atoms with van der Waals surface area (Å²) in [5.41, 5.74) is 15.9. The first-order valence-corrected chi connectivity index (χ1v) is 6.70. The third-order valence-corrected chi connectivity index (χ3v) is 2.86. The minimum atomic E-state index is -0.933. The van der Waals surface area contributed by atoms with Crippen molar-refractivity contribution in [2.24, 2.45) is 17.2 Å². The maximum Gasteiger partial charge on any atom is 0.320 e. The number of hydrogen-bond donors (Lipinski definition) is 5. The summed E-state index contributed by atoms with van der Waals surface area (Å²) in [7, 11) is 0. The monoisotopic (exact) mass is 309 g/mol. The number of carboxylic acids is 1. The highest BCUT2D eigenvalue weighted by Gasteiger charge is 2.14. The summed E-state index contributed by atoms with van der Waals surface area (Å²) in [5.74, 6) is -0.926. The van der Waals surface area contributed by atoms with Gasteiger partial charge < -0.3 is 40.0 Å². The zero-order valence-electron chi connectivity index (χ0n) is 11.7. The first kappa shape index (κ1) is 21.4. The molecule has 0 aliphatic carbocycles. The quantitative estimate of drug-likeness (QED) is 0.329. The van der Waals surface area contributed by atoms with Crippen molar-refractivity contribution in [1.82, 2.24) is 5.32 Å².